The molecule has 2 aromatic carbocycles. The van der Waals surface area contributed by atoms with E-state index in [-0.39, 0.29) is 16.9 Å². The van der Waals surface area contributed by atoms with Gasteiger partial charge in [0.1, 0.15) is 0 Å². The van der Waals surface area contributed by atoms with Gasteiger partial charge in [-0.15, -0.1) is 0 Å². The standard InChI is InChI=1S/C15H15FN2O2/c1-9-4-5-12(10(2)8-9)17-13-6-7-14(18(19)20)11(3)15(13)16/h4-8,17H,1-3H3. The van der Waals surface area contributed by atoms with E-state index in [4.69, 9.17) is 0 Å². The normalized spacial score (nSPS) is 10.4. The molecule has 1 N–H and O–H groups in total. The Morgan fingerprint density at radius 1 is 1.10 bits per heavy atom. The number of nitrogens with zero attached hydrogens (tertiary/aromatic N) is 1. The molecule has 104 valence electrons. The fourth-order valence-electron chi connectivity index (χ4n) is 2.07. The molecule has 0 radical (unpaired) electrons. The fraction of sp³-hybridized carbons (Fsp3) is 0.200. The molecular formula is C15H15FN2O2. The minimum absolute atomic E-state index is 0.0322. The predicted octanol–water partition coefficient (Wildman–Crippen LogP) is 4.40. The number of hydrogen-bond acceptors (Lipinski definition) is 3. The van der Waals surface area contributed by atoms with Crippen molar-refractivity contribution in [2.75, 3.05) is 5.32 Å². The van der Waals surface area contributed by atoms with Crippen molar-refractivity contribution in [3.63, 3.8) is 0 Å². The Bertz CT molecular complexity index is 684. The number of hydrogen-bond donors (Lipinski definition) is 1. The largest absolute Gasteiger partial charge is 0.353 e. The van der Waals surface area contributed by atoms with Gasteiger partial charge in [0.25, 0.3) is 5.69 Å². The highest BCUT2D eigenvalue weighted by Crippen LogP contribution is 2.29. The smallest absolute Gasteiger partial charge is 0.275 e. The van der Waals surface area contributed by atoms with Crippen LogP contribution in [0.4, 0.5) is 21.5 Å². The molecule has 5 heteroatoms. The maximum absolute atomic E-state index is 14.2. The Balaban J connectivity index is 2.39. The zero-order chi connectivity index (χ0) is 14.9. The van der Waals surface area contributed by atoms with Crippen LogP contribution in [0, 0.1) is 36.7 Å². The first-order valence-electron chi connectivity index (χ1n) is 6.18. The molecule has 0 heterocycles. The molecule has 0 unspecified atom stereocenters. The van der Waals surface area contributed by atoms with Crippen molar-refractivity contribution in [2.45, 2.75) is 20.8 Å². The van der Waals surface area contributed by atoms with Gasteiger partial charge < -0.3 is 5.32 Å². The molecule has 0 aliphatic heterocycles. The lowest BCUT2D eigenvalue weighted by Gasteiger charge is -2.12. The van der Waals surface area contributed by atoms with Crippen LogP contribution in [0.15, 0.2) is 30.3 Å². The summed E-state index contributed by atoms with van der Waals surface area (Å²) in [7, 11) is 0. The second-order valence-electron chi connectivity index (χ2n) is 4.77. The fourth-order valence-corrected chi connectivity index (χ4v) is 2.07. The van der Waals surface area contributed by atoms with Gasteiger partial charge in [-0.3, -0.25) is 10.1 Å². The van der Waals surface area contributed by atoms with Crippen molar-refractivity contribution in [2.24, 2.45) is 0 Å². The summed E-state index contributed by atoms with van der Waals surface area (Å²) in [5, 5.41) is 13.7. The second kappa shape index (κ2) is 5.28. The summed E-state index contributed by atoms with van der Waals surface area (Å²) in [4.78, 5) is 10.2. The zero-order valence-corrected chi connectivity index (χ0v) is 11.5. The Hall–Kier alpha value is -2.43. The third-order valence-electron chi connectivity index (χ3n) is 3.21. The predicted molar refractivity (Wildman–Crippen MR) is 77.0 cm³/mol. The van der Waals surface area contributed by atoms with E-state index in [1.54, 1.807) is 0 Å². The van der Waals surface area contributed by atoms with Gasteiger partial charge in [-0.2, -0.15) is 0 Å². The molecule has 0 atom stereocenters. The minimum atomic E-state index is -0.598. The highest BCUT2D eigenvalue weighted by atomic mass is 19.1. The summed E-state index contributed by atoms with van der Waals surface area (Å²) in [6.45, 7) is 5.31. The van der Waals surface area contributed by atoms with Gasteiger partial charge in [-0.1, -0.05) is 17.7 Å². The number of nitro benzene ring substituents is 1. The van der Waals surface area contributed by atoms with Crippen LogP contribution in [-0.4, -0.2) is 4.92 Å². The number of nitrogens with one attached hydrogen (secondary N) is 1. The maximum Gasteiger partial charge on any atom is 0.275 e. The van der Waals surface area contributed by atoms with Crippen LogP contribution in [0.3, 0.4) is 0 Å². The van der Waals surface area contributed by atoms with Crippen LogP contribution in [0.5, 0.6) is 0 Å². The Labute approximate surface area is 116 Å². The number of benzene rings is 2. The van der Waals surface area contributed by atoms with E-state index in [9.17, 15) is 14.5 Å². The highest BCUT2D eigenvalue weighted by Gasteiger charge is 2.17. The van der Waals surface area contributed by atoms with Crippen LogP contribution in [0.1, 0.15) is 16.7 Å². The number of anilines is 2. The van der Waals surface area contributed by atoms with Crippen molar-refractivity contribution in [1.29, 1.82) is 0 Å². The summed E-state index contributed by atoms with van der Waals surface area (Å²) < 4.78 is 14.2. The zero-order valence-electron chi connectivity index (χ0n) is 11.5. The van der Waals surface area contributed by atoms with Gasteiger partial charge in [0.15, 0.2) is 5.82 Å². The van der Waals surface area contributed by atoms with E-state index in [0.717, 1.165) is 16.8 Å². The molecular weight excluding hydrogens is 259 g/mol. The molecule has 0 saturated heterocycles. The molecule has 0 aromatic heterocycles. The summed E-state index contributed by atoms with van der Waals surface area (Å²) in [6, 6.07) is 8.47. The Morgan fingerprint density at radius 2 is 1.75 bits per heavy atom. The van der Waals surface area contributed by atoms with E-state index in [0.29, 0.717) is 0 Å². The van der Waals surface area contributed by atoms with Crippen molar-refractivity contribution < 1.29 is 9.31 Å². The summed E-state index contributed by atoms with van der Waals surface area (Å²) in [5.74, 6) is -0.598. The van der Waals surface area contributed by atoms with Gasteiger partial charge in [0.2, 0.25) is 0 Å². The van der Waals surface area contributed by atoms with E-state index < -0.39 is 10.7 Å². The third-order valence-corrected chi connectivity index (χ3v) is 3.21. The molecule has 2 rings (SSSR count). The van der Waals surface area contributed by atoms with Gasteiger partial charge in [0, 0.05) is 11.8 Å². The Morgan fingerprint density at radius 3 is 2.35 bits per heavy atom. The van der Waals surface area contributed by atoms with Gasteiger partial charge in [0.05, 0.1) is 16.2 Å². The van der Waals surface area contributed by atoms with Crippen LogP contribution in [0.25, 0.3) is 0 Å². The van der Waals surface area contributed by atoms with Crippen LogP contribution in [0.2, 0.25) is 0 Å². The molecule has 20 heavy (non-hydrogen) atoms. The molecule has 0 spiro atoms. The molecule has 0 saturated carbocycles. The number of aryl methyl sites for hydroxylation is 2. The van der Waals surface area contributed by atoms with Crippen molar-refractivity contribution in [1.82, 2.24) is 0 Å². The van der Waals surface area contributed by atoms with Gasteiger partial charge >= 0.3 is 0 Å². The van der Waals surface area contributed by atoms with Crippen molar-refractivity contribution in [3.05, 3.63) is 63.0 Å². The lowest BCUT2D eigenvalue weighted by atomic mass is 10.1. The van der Waals surface area contributed by atoms with Crippen molar-refractivity contribution >= 4 is 17.1 Å². The first-order chi connectivity index (χ1) is 9.40. The number of nitro groups is 1. The lowest BCUT2D eigenvalue weighted by molar-refractivity contribution is -0.385. The Kier molecular flexibility index (Phi) is 3.70. The van der Waals surface area contributed by atoms with E-state index in [2.05, 4.69) is 5.32 Å². The topological polar surface area (TPSA) is 55.2 Å². The molecule has 2 aromatic rings. The molecule has 0 fully saturated rings. The van der Waals surface area contributed by atoms with E-state index in [1.807, 2.05) is 32.0 Å². The van der Waals surface area contributed by atoms with E-state index >= 15 is 0 Å². The first kappa shape index (κ1) is 14.0. The maximum atomic E-state index is 14.2. The second-order valence-corrected chi connectivity index (χ2v) is 4.77. The number of rotatable bonds is 3. The highest BCUT2D eigenvalue weighted by molar-refractivity contribution is 5.66. The quantitative estimate of drug-likeness (QED) is 0.666. The SMILES string of the molecule is Cc1ccc(Nc2ccc([N+](=O)[O-])c(C)c2F)c(C)c1. The van der Waals surface area contributed by atoms with E-state index in [1.165, 1.54) is 19.1 Å². The summed E-state index contributed by atoms with van der Waals surface area (Å²) in [6.07, 6.45) is 0. The lowest BCUT2D eigenvalue weighted by Crippen LogP contribution is -2.00. The average molecular weight is 274 g/mol. The molecule has 0 aliphatic carbocycles. The van der Waals surface area contributed by atoms with Crippen LogP contribution < -0.4 is 5.32 Å². The van der Waals surface area contributed by atoms with Crippen LogP contribution in [-0.2, 0) is 0 Å². The van der Waals surface area contributed by atoms with Crippen LogP contribution >= 0.6 is 0 Å². The molecule has 0 amide bonds. The van der Waals surface area contributed by atoms with Crippen molar-refractivity contribution in [3.8, 4) is 0 Å². The number of halogens is 1. The molecule has 4 nitrogen and oxygen atoms in total. The monoisotopic (exact) mass is 274 g/mol. The van der Waals surface area contributed by atoms with Gasteiger partial charge in [-0.25, -0.2) is 4.39 Å². The minimum Gasteiger partial charge on any atom is -0.353 e. The molecule has 0 aliphatic rings. The summed E-state index contributed by atoms with van der Waals surface area (Å²) in [5.41, 5.74) is 2.94. The molecule has 0 bridgehead atoms. The summed E-state index contributed by atoms with van der Waals surface area (Å²) >= 11 is 0. The van der Waals surface area contributed by atoms with Gasteiger partial charge in [-0.05, 0) is 38.5 Å². The first-order valence-corrected chi connectivity index (χ1v) is 6.18. The average Bonchev–Trinajstić information content (AvgIpc) is 2.37. The third kappa shape index (κ3) is 2.61.